The fourth-order valence-electron chi connectivity index (χ4n) is 3.04. The third kappa shape index (κ3) is 4.46. The average Bonchev–Trinajstić information content (AvgIpc) is 2.68. The van der Waals surface area contributed by atoms with Crippen LogP contribution in [0.5, 0.6) is 0 Å². The molecule has 6 nitrogen and oxygen atoms in total. The summed E-state index contributed by atoms with van der Waals surface area (Å²) in [4.78, 5) is 25.1. The summed E-state index contributed by atoms with van der Waals surface area (Å²) < 4.78 is 7.02. The third-order valence-electron chi connectivity index (χ3n) is 4.56. The molecule has 28 heavy (non-hydrogen) atoms. The summed E-state index contributed by atoms with van der Waals surface area (Å²) in [5.74, 6) is -1.15. The van der Waals surface area contributed by atoms with Crippen molar-refractivity contribution in [2.24, 2.45) is 0 Å². The number of aliphatic carboxylic acids is 1. The van der Waals surface area contributed by atoms with E-state index in [0.717, 1.165) is 29.7 Å². The number of carbonyl (C=O) groups excluding carboxylic acids is 1. The number of benzene rings is 1. The molecule has 0 amide bonds. The van der Waals surface area contributed by atoms with Crippen molar-refractivity contribution in [2.75, 3.05) is 18.0 Å². The number of hydrogen-bond acceptors (Lipinski definition) is 5. The van der Waals surface area contributed by atoms with Gasteiger partial charge in [-0.3, -0.25) is 0 Å². The van der Waals surface area contributed by atoms with Crippen LogP contribution in [0.15, 0.2) is 58.0 Å². The molecular weight excluding hydrogens is 356 g/mol. The zero-order valence-electron chi connectivity index (χ0n) is 15.9. The number of hydrogen-bond donors (Lipinski definition) is 0. The monoisotopic (exact) mass is 378 g/mol. The van der Waals surface area contributed by atoms with E-state index in [1.165, 1.54) is 4.57 Å². The molecule has 2 aromatic heterocycles. The molecule has 0 aliphatic carbocycles. The minimum Gasteiger partial charge on any atom is -0.544 e. The van der Waals surface area contributed by atoms with Crippen molar-refractivity contribution in [3.05, 3.63) is 70.3 Å². The average molecular weight is 378 g/mol. The second kappa shape index (κ2) is 8.52. The number of pyridine rings is 1. The number of carboxylic acids is 1. The molecule has 0 unspecified atom stereocenters. The summed E-state index contributed by atoms with van der Waals surface area (Å²) >= 11 is 0. The van der Waals surface area contributed by atoms with Gasteiger partial charge < -0.3 is 19.2 Å². The van der Waals surface area contributed by atoms with Crippen LogP contribution in [0.3, 0.4) is 0 Å². The van der Waals surface area contributed by atoms with Crippen LogP contribution in [0, 0.1) is 0 Å². The summed E-state index contributed by atoms with van der Waals surface area (Å²) in [6.45, 7) is 5.73. The van der Waals surface area contributed by atoms with E-state index in [9.17, 15) is 14.7 Å². The maximum atomic E-state index is 12.3. The number of anilines is 1. The molecule has 0 bridgehead atoms. The van der Waals surface area contributed by atoms with Gasteiger partial charge in [0.1, 0.15) is 11.6 Å². The van der Waals surface area contributed by atoms with Crippen molar-refractivity contribution in [3.8, 4) is 0 Å². The number of nitrogens with zero attached hydrogens (tertiary/aromatic N) is 2. The van der Waals surface area contributed by atoms with Crippen LogP contribution in [-0.4, -0.2) is 19.1 Å². The molecule has 0 aliphatic rings. The van der Waals surface area contributed by atoms with Crippen LogP contribution in [0.25, 0.3) is 23.1 Å². The minimum atomic E-state index is -1.15. The molecule has 0 spiro atoms. The molecular formula is C22H22N2O4. The largest absolute Gasteiger partial charge is 0.544 e. The Morgan fingerprint density at radius 1 is 1.11 bits per heavy atom. The topological polar surface area (TPSA) is 77.5 Å². The lowest BCUT2D eigenvalue weighted by Crippen LogP contribution is -2.43. The Balaban J connectivity index is 1.86. The number of carbonyl (C=O) groups is 1. The van der Waals surface area contributed by atoms with Crippen molar-refractivity contribution in [1.29, 1.82) is 0 Å². The van der Waals surface area contributed by atoms with Gasteiger partial charge in [0.25, 0.3) is 0 Å². The normalized spacial score (nSPS) is 11.2. The zero-order chi connectivity index (χ0) is 20.1. The highest BCUT2D eigenvalue weighted by molar-refractivity contribution is 5.83. The third-order valence-corrected chi connectivity index (χ3v) is 4.56. The van der Waals surface area contributed by atoms with Gasteiger partial charge in [0.2, 0.25) is 0 Å². The van der Waals surface area contributed by atoms with Gasteiger partial charge in [-0.05, 0) is 43.7 Å². The van der Waals surface area contributed by atoms with E-state index >= 15 is 0 Å². The molecule has 6 heteroatoms. The predicted molar refractivity (Wildman–Crippen MR) is 107 cm³/mol. The maximum absolute atomic E-state index is 12.3. The fraction of sp³-hybridized carbons (Fsp3) is 0.227. The second-order valence-electron chi connectivity index (χ2n) is 6.39. The Bertz CT molecular complexity index is 1060. The molecule has 0 saturated heterocycles. The van der Waals surface area contributed by atoms with Crippen LogP contribution in [0.4, 0.5) is 5.69 Å². The highest BCUT2D eigenvalue weighted by Gasteiger charge is 2.07. The lowest BCUT2D eigenvalue weighted by Gasteiger charge is -2.20. The lowest BCUT2D eigenvalue weighted by molar-refractivity contribution is -0.690. The summed E-state index contributed by atoms with van der Waals surface area (Å²) in [5, 5.41) is 11.5. The number of fused-ring (bicyclic) bond motifs is 1. The van der Waals surface area contributed by atoms with E-state index in [-0.39, 0.29) is 6.54 Å². The van der Waals surface area contributed by atoms with Gasteiger partial charge in [0, 0.05) is 42.4 Å². The molecule has 0 radical (unpaired) electrons. The maximum Gasteiger partial charge on any atom is 0.343 e. The molecule has 3 aromatic rings. The zero-order valence-corrected chi connectivity index (χ0v) is 15.9. The molecule has 0 atom stereocenters. The van der Waals surface area contributed by atoms with Gasteiger partial charge >= 0.3 is 5.63 Å². The van der Waals surface area contributed by atoms with Gasteiger partial charge in [-0.25, -0.2) is 4.79 Å². The number of aromatic nitrogens is 1. The van der Waals surface area contributed by atoms with Crippen LogP contribution in [0.1, 0.15) is 25.0 Å². The van der Waals surface area contributed by atoms with E-state index in [4.69, 9.17) is 4.42 Å². The van der Waals surface area contributed by atoms with Crippen molar-refractivity contribution in [2.45, 2.75) is 20.4 Å². The SMILES string of the molecule is CCN(CC)c1ccc2cc(/C=C/c3cc[n+](CC(=O)[O-])cc3)c(=O)oc2c1. The van der Waals surface area contributed by atoms with Gasteiger partial charge in [0.05, 0.1) is 5.56 Å². The Hall–Kier alpha value is -3.41. The van der Waals surface area contributed by atoms with Crippen LogP contribution in [-0.2, 0) is 11.3 Å². The second-order valence-corrected chi connectivity index (χ2v) is 6.39. The first kappa shape index (κ1) is 19.4. The molecule has 1 aromatic carbocycles. The molecule has 0 saturated carbocycles. The molecule has 0 N–H and O–H groups in total. The summed E-state index contributed by atoms with van der Waals surface area (Å²) in [5.41, 5.74) is 2.48. The van der Waals surface area contributed by atoms with E-state index in [0.29, 0.717) is 11.1 Å². The van der Waals surface area contributed by atoms with Gasteiger partial charge in [-0.2, -0.15) is 4.57 Å². The first-order valence-corrected chi connectivity index (χ1v) is 9.20. The Kier molecular flexibility index (Phi) is 5.89. The summed E-state index contributed by atoms with van der Waals surface area (Å²) in [7, 11) is 0. The van der Waals surface area contributed by atoms with E-state index in [1.807, 2.05) is 24.3 Å². The first-order chi connectivity index (χ1) is 13.5. The standard InChI is InChI=1S/C22H22N2O4/c1-3-24(4-2)19-8-7-17-13-18(22(27)28-20(17)14-19)6-5-16-9-11-23(12-10-16)15-21(25)26/h5-14H,3-4,15H2,1-2H3. The van der Waals surface area contributed by atoms with Crippen LogP contribution in [0.2, 0.25) is 0 Å². The van der Waals surface area contributed by atoms with Crippen molar-refractivity contribution in [3.63, 3.8) is 0 Å². The summed E-state index contributed by atoms with van der Waals surface area (Å²) in [6, 6.07) is 11.2. The Morgan fingerprint density at radius 2 is 1.82 bits per heavy atom. The quantitative estimate of drug-likeness (QED) is 0.463. The van der Waals surface area contributed by atoms with Crippen LogP contribution >= 0.6 is 0 Å². The molecule has 144 valence electrons. The van der Waals surface area contributed by atoms with Crippen molar-refractivity contribution in [1.82, 2.24) is 0 Å². The van der Waals surface area contributed by atoms with Gasteiger partial charge in [-0.15, -0.1) is 0 Å². The molecule has 0 aliphatic heterocycles. The summed E-state index contributed by atoms with van der Waals surface area (Å²) in [6.07, 6.45) is 6.77. The lowest BCUT2D eigenvalue weighted by atomic mass is 10.1. The number of carboxylic acid groups (broad SMARTS) is 1. The van der Waals surface area contributed by atoms with E-state index < -0.39 is 11.6 Å². The Morgan fingerprint density at radius 3 is 2.46 bits per heavy atom. The molecule has 2 heterocycles. The predicted octanol–water partition coefficient (Wildman–Crippen LogP) is 1.85. The van der Waals surface area contributed by atoms with Crippen molar-refractivity contribution < 1.29 is 18.9 Å². The van der Waals surface area contributed by atoms with Crippen molar-refractivity contribution >= 4 is 34.8 Å². The highest BCUT2D eigenvalue weighted by atomic mass is 16.4. The fourth-order valence-corrected chi connectivity index (χ4v) is 3.04. The smallest absolute Gasteiger partial charge is 0.343 e. The Labute approximate surface area is 163 Å². The van der Waals surface area contributed by atoms with Crippen LogP contribution < -0.4 is 20.2 Å². The number of rotatable bonds is 7. The van der Waals surface area contributed by atoms with E-state index in [2.05, 4.69) is 18.7 Å². The minimum absolute atomic E-state index is 0.201. The van der Waals surface area contributed by atoms with E-state index in [1.54, 1.807) is 36.7 Å². The highest BCUT2D eigenvalue weighted by Crippen LogP contribution is 2.22. The van der Waals surface area contributed by atoms with Gasteiger partial charge in [0.15, 0.2) is 18.9 Å². The molecule has 0 fully saturated rings. The molecule has 3 rings (SSSR count). The van der Waals surface area contributed by atoms with Gasteiger partial charge in [-0.1, -0.05) is 6.08 Å². The first-order valence-electron chi connectivity index (χ1n) is 9.20.